The van der Waals surface area contributed by atoms with Gasteiger partial charge in [-0.1, -0.05) is 22.0 Å². The van der Waals surface area contributed by atoms with Crippen molar-refractivity contribution in [3.8, 4) is 5.75 Å². The van der Waals surface area contributed by atoms with Crippen molar-refractivity contribution < 1.29 is 4.74 Å². The summed E-state index contributed by atoms with van der Waals surface area (Å²) in [7, 11) is 1.69. The molecule has 102 valence electrons. The molecular weight excluding hydrogens is 431 g/mol. The third-order valence-corrected chi connectivity index (χ3v) is 4.33. The van der Waals surface area contributed by atoms with E-state index >= 15 is 0 Å². The van der Waals surface area contributed by atoms with Gasteiger partial charge in [0.2, 0.25) is 0 Å². The SMILES string of the molecule is COc1ccc(Br)cc1Cn1ncc2ccc(I)cc21. The van der Waals surface area contributed by atoms with Gasteiger partial charge in [-0.2, -0.15) is 5.10 Å². The third kappa shape index (κ3) is 2.69. The van der Waals surface area contributed by atoms with Gasteiger partial charge in [-0.25, -0.2) is 0 Å². The topological polar surface area (TPSA) is 27.1 Å². The standard InChI is InChI=1S/C15H12BrIN2O/c1-20-15-5-3-12(16)6-11(15)9-19-14-7-13(17)4-2-10(14)8-18-19/h2-8H,9H2,1H3. The van der Waals surface area contributed by atoms with Gasteiger partial charge >= 0.3 is 0 Å². The van der Waals surface area contributed by atoms with E-state index in [2.05, 4.69) is 67.9 Å². The highest BCUT2D eigenvalue weighted by molar-refractivity contribution is 14.1. The molecule has 0 unspecified atom stereocenters. The fourth-order valence-corrected chi connectivity index (χ4v) is 3.08. The summed E-state index contributed by atoms with van der Waals surface area (Å²) in [6.07, 6.45) is 1.90. The Morgan fingerprint density at radius 2 is 2.10 bits per heavy atom. The number of halogens is 2. The minimum absolute atomic E-state index is 0.687. The van der Waals surface area contributed by atoms with Gasteiger partial charge in [-0.05, 0) is 52.9 Å². The molecule has 1 heterocycles. The highest BCUT2D eigenvalue weighted by Gasteiger charge is 2.08. The molecule has 3 nitrogen and oxygen atoms in total. The van der Waals surface area contributed by atoms with E-state index in [1.807, 2.05) is 23.0 Å². The first-order chi connectivity index (χ1) is 9.67. The number of nitrogens with zero attached hydrogens (tertiary/aromatic N) is 2. The van der Waals surface area contributed by atoms with Crippen LogP contribution in [0.3, 0.4) is 0 Å². The van der Waals surface area contributed by atoms with E-state index in [1.54, 1.807) is 7.11 Å². The summed E-state index contributed by atoms with van der Waals surface area (Å²) < 4.78 is 9.67. The summed E-state index contributed by atoms with van der Waals surface area (Å²) in [6.45, 7) is 0.687. The number of fused-ring (bicyclic) bond motifs is 1. The van der Waals surface area contributed by atoms with Gasteiger partial charge in [0.1, 0.15) is 5.75 Å². The summed E-state index contributed by atoms with van der Waals surface area (Å²) in [6, 6.07) is 12.3. The molecule has 0 radical (unpaired) electrons. The molecule has 0 aliphatic rings. The molecular formula is C15H12BrIN2O. The van der Waals surface area contributed by atoms with Crippen LogP contribution in [0.4, 0.5) is 0 Å². The van der Waals surface area contributed by atoms with E-state index in [0.717, 1.165) is 26.7 Å². The van der Waals surface area contributed by atoms with E-state index < -0.39 is 0 Å². The highest BCUT2D eigenvalue weighted by Crippen LogP contribution is 2.25. The van der Waals surface area contributed by atoms with E-state index in [1.165, 1.54) is 3.57 Å². The highest BCUT2D eigenvalue weighted by atomic mass is 127. The number of hydrogen-bond donors (Lipinski definition) is 0. The minimum Gasteiger partial charge on any atom is -0.496 e. The van der Waals surface area contributed by atoms with Crippen molar-refractivity contribution in [3.05, 3.63) is 56.2 Å². The molecule has 0 saturated heterocycles. The molecule has 0 aliphatic carbocycles. The molecule has 3 rings (SSSR count). The van der Waals surface area contributed by atoms with Crippen molar-refractivity contribution in [2.24, 2.45) is 0 Å². The Hall–Kier alpha value is -1.08. The molecule has 0 atom stereocenters. The summed E-state index contributed by atoms with van der Waals surface area (Å²) in [5.74, 6) is 0.877. The second kappa shape index (κ2) is 5.73. The molecule has 20 heavy (non-hydrogen) atoms. The first kappa shape index (κ1) is 13.9. The monoisotopic (exact) mass is 442 g/mol. The maximum atomic E-state index is 5.42. The summed E-state index contributed by atoms with van der Waals surface area (Å²) in [5, 5.41) is 5.63. The summed E-state index contributed by atoms with van der Waals surface area (Å²) in [5.41, 5.74) is 2.24. The quantitative estimate of drug-likeness (QED) is 0.560. The van der Waals surface area contributed by atoms with Crippen LogP contribution in [0.25, 0.3) is 10.9 Å². The molecule has 0 aliphatic heterocycles. The van der Waals surface area contributed by atoms with Crippen LogP contribution < -0.4 is 4.74 Å². The minimum atomic E-state index is 0.687. The number of benzene rings is 2. The molecule has 2 aromatic carbocycles. The van der Waals surface area contributed by atoms with Crippen molar-refractivity contribution in [3.63, 3.8) is 0 Å². The Morgan fingerprint density at radius 1 is 1.25 bits per heavy atom. The van der Waals surface area contributed by atoms with Crippen LogP contribution in [0.5, 0.6) is 5.75 Å². The van der Waals surface area contributed by atoms with Crippen LogP contribution in [-0.2, 0) is 6.54 Å². The maximum absolute atomic E-state index is 5.42. The Balaban J connectivity index is 2.05. The molecule has 3 aromatic rings. The normalized spacial score (nSPS) is 10.9. The summed E-state index contributed by atoms with van der Waals surface area (Å²) in [4.78, 5) is 0. The second-order valence-electron chi connectivity index (χ2n) is 4.46. The Kier molecular flexibility index (Phi) is 3.98. The van der Waals surface area contributed by atoms with Crippen molar-refractivity contribution in [1.29, 1.82) is 0 Å². The Bertz CT molecular complexity index is 770. The average molecular weight is 443 g/mol. The largest absolute Gasteiger partial charge is 0.496 e. The van der Waals surface area contributed by atoms with Gasteiger partial charge < -0.3 is 4.74 Å². The van der Waals surface area contributed by atoms with E-state index in [9.17, 15) is 0 Å². The van der Waals surface area contributed by atoms with Crippen molar-refractivity contribution in [2.45, 2.75) is 6.54 Å². The number of ether oxygens (including phenoxy) is 1. The average Bonchev–Trinajstić information content (AvgIpc) is 2.82. The molecule has 0 fully saturated rings. The second-order valence-corrected chi connectivity index (χ2v) is 6.62. The zero-order valence-electron chi connectivity index (χ0n) is 10.8. The van der Waals surface area contributed by atoms with E-state index in [4.69, 9.17) is 4.74 Å². The fraction of sp³-hybridized carbons (Fsp3) is 0.133. The van der Waals surface area contributed by atoms with E-state index in [-0.39, 0.29) is 0 Å². The van der Waals surface area contributed by atoms with Gasteiger partial charge in [0, 0.05) is 19.0 Å². The van der Waals surface area contributed by atoms with Crippen LogP contribution >= 0.6 is 38.5 Å². The molecule has 0 spiro atoms. The Labute approximate surface area is 139 Å². The lowest BCUT2D eigenvalue weighted by Crippen LogP contribution is -2.03. The predicted octanol–water partition coefficient (Wildman–Crippen LogP) is 4.46. The molecule has 1 aromatic heterocycles. The van der Waals surface area contributed by atoms with Crippen LogP contribution in [0.15, 0.2) is 47.1 Å². The van der Waals surface area contributed by atoms with Gasteiger partial charge in [0.25, 0.3) is 0 Å². The molecule has 0 amide bonds. The molecule has 0 bridgehead atoms. The molecule has 0 saturated carbocycles. The van der Waals surface area contributed by atoms with Gasteiger partial charge in [-0.15, -0.1) is 0 Å². The van der Waals surface area contributed by atoms with Gasteiger partial charge in [0.05, 0.1) is 25.4 Å². The maximum Gasteiger partial charge on any atom is 0.124 e. The van der Waals surface area contributed by atoms with Crippen molar-refractivity contribution in [1.82, 2.24) is 9.78 Å². The number of hydrogen-bond acceptors (Lipinski definition) is 2. The molecule has 0 N–H and O–H groups in total. The number of aromatic nitrogens is 2. The molecule has 5 heteroatoms. The lowest BCUT2D eigenvalue weighted by atomic mass is 10.2. The first-order valence-electron chi connectivity index (χ1n) is 6.11. The fourth-order valence-electron chi connectivity index (χ4n) is 2.20. The number of methoxy groups -OCH3 is 1. The van der Waals surface area contributed by atoms with Gasteiger partial charge in [0.15, 0.2) is 0 Å². The third-order valence-electron chi connectivity index (χ3n) is 3.17. The lowest BCUT2D eigenvalue weighted by molar-refractivity contribution is 0.407. The zero-order valence-corrected chi connectivity index (χ0v) is 14.6. The van der Waals surface area contributed by atoms with Crippen LogP contribution in [0.1, 0.15) is 5.56 Å². The van der Waals surface area contributed by atoms with Crippen LogP contribution in [-0.4, -0.2) is 16.9 Å². The first-order valence-corrected chi connectivity index (χ1v) is 7.98. The van der Waals surface area contributed by atoms with Crippen molar-refractivity contribution in [2.75, 3.05) is 7.11 Å². The smallest absolute Gasteiger partial charge is 0.124 e. The number of rotatable bonds is 3. The van der Waals surface area contributed by atoms with Gasteiger partial charge in [-0.3, -0.25) is 4.68 Å². The zero-order chi connectivity index (χ0) is 14.1. The van der Waals surface area contributed by atoms with Crippen molar-refractivity contribution >= 4 is 49.4 Å². The van der Waals surface area contributed by atoms with Crippen LogP contribution in [0.2, 0.25) is 0 Å². The summed E-state index contributed by atoms with van der Waals surface area (Å²) >= 11 is 5.82. The van der Waals surface area contributed by atoms with Crippen LogP contribution in [0, 0.1) is 3.57 Å². The Morgan fingerprint density at radius 3 is 2.90 bits per heavy atom. The predicted molar refractivity (Wildman–Crippen MR) is 92.2 cm³/mol. The lowest BCUT2D eigenvalue weighted by Gasteiger charge is -2.10. The van der Waals surface area contributed by atoms with E-state index in [0.29, 0.717) is 6.54 Å².